The van der Waals surface area contributed by atoms with Crippen LogP contribution in [0.15, 0.2) is 0 Å². The molecule has 2 fully saturated rings. The fourth-order valence-corrected chi connectivity index (χ4v) is 3.34. The molecule has 0 aromatic carbocycles. The highest BCUT2D eigenvalue weighted by Gasteiger charge is 2.30. The molecule has 1 saturated heterocycles. The van der Waals surface area contributed by atoms with Crippen molar-refractivity contribution in [2.45, 2.75) is 76.9 Å². The van der Waals surface area contributed by atoms with Gasteiger partial charge >= 0.3 is 0 Å². The molecule has 3 heteroatoms. The maximum atomic E-state index is 12.4. The number of hydrogen-bond donors (Lipinski definition) is 1. The second kappa shape index (κ2) is 5.85. The molecule has 3 nitrogen and oxygen atoms in total. The molecule has 0 bridgehead atoms. The fourth-order valence-electron chi connectivity index (χ4n) is 3.34. The van der Waals surface area contributed by atoms with Crippen molar-refractivity contribution >= 4 is 5.91 Å². The van der Waals surface area contributed by atoms with Crippen molar-refractivity contribution in [2.24, 2.45) is 0 Å². The third-order valence-electron chi connectivity index (χ3n) is 4.15. The molecule has 1 N–H and O–H groups in total. The Morgan fingerprint density at radius 2 is 1.94 bits per heavy atom. The van der Waals surface area contributed by atoms with Gasteiger partial charge in [-0.25, -0.2) is 0 Å². The van der Waals surface area contributed by atoms with Gasteiger partial charge < -0.3 is 10.2 Å². The van der Waals surface area contributed by atoms with Gasteiger partial charge in [-0.05, 0) is 46.1 Å². The summed E-state index contributed by atoms with van der Waals surface area (Å²) in [4.78, 5) is 14.6. The van der Waals surface area contributed by atoms with E-state index >= 15 is 0 Å². The lowest BCUT2D eigenvalue weighted by molar-refractivity contribution is -0.135. The van der Waals surface area contributed by atoms with Crippen LogP contribution in [-0.2, 0) is 4.79 Å². The molecule has 1 unspecified atom stereocenters. The Bertz CT molecular complexity index is 253. The quantitative estimate of drug-likeness (QED) is 0.815. The van der Waals surface area contributed by atoms with Gasteiger partial charge in [-0.3, -0.25) is 4.79 Å². The highest BCUT2D eigenvalue weighted by Crippen LogP contribution is 2.26. The number of carbonyl (C=O) groups is 1. The first-order valence-corrected chi connectivity index (χ1v) is 7.23. The van der Waals surface area contributed by atoms with E-state index in [0.29, 0.717) is 30.5 Å². The van der Waals surface area contributed by atoms with Crippen molar-refractivity contribution in [3.63, 3.8) is 0 Å². The molecule has 98 valence electrons. The van der Waals surface area contributed by atoms with E-state index in [4.69, 9.17) is 0 Å². The van der Waals surface area contributed by atoms with Crippen molar-refractivity contribution in [2.75, 3.05) is 6.54 Å². The van der Waals surface area contributed by atoms with E-state index in [1.807, 2.05) is 0 Å². The Balaban J connectivity index is 1.92. The van der Waals surface area contributed by atoms with Crippen LogP contribution in [0.4, 0.5) is 0 Å². The van der Waals surface area contributed by atoms with Crippen LogP contribution in [0.5, 0.6) is 0 Å². The number of carbonyl (C=O) groups excluding carboxylic acids is 1. The number of nitrogens with one attached hydrogen (secondary N) is 1. The average molecular weight is 238 g/mol. The SMILES string of the molecule is CC(C)N(C(=O)CC1CCCN1)C1CCCC1. The van der Waals surface area contributed by atoms with Crippen molar-refractivity contribution < 1.29 is 4.79 Å². The summed E-state index contributed by atoms with van der Waals surface area (Å²) in [6.45, 7) is 5.39. The van der Waals surface area contributed by atoms with E-state index in [1.54, 1.807) is 0 Å². The standard InChI is InChI=1S/C14H26N2O/c1-11(2)16(13-7-3-4-8-13)14(17)10-12-6-5-9-15-12/h11-13,15H,3-10H2,1-2H3. The molecule has 17 heavy (non-hydrogen) atoms. The van der Waals surface area contributed by atoms with E-state index in [0.717, 1.165) is 6.54 Å². The summed E-state index contributed by atoms with van der Waals surface area (Å²) in [5, 5.41) is 3.42. The predicted octanol–water partition coefficient (Wildman–Crippen LogP) is 2.31. The number of rotatable bonds is 4. The third-order valence-corrected chi connectivity index (χ3v) is 4.15. The van der Waals surface area contributed by atoms with Crippen LogP contribution in [0.25, 0.3) is 0 Å². The van der Waals surface area contributed by atoms with Crippen molar-refractivity contribution in [3.05, 3.63) is 0 Å². The molecular weight excluding hydrogens is 212 g/mol. The van der Waals surface area contributed by atoms with Gasteiger partial charge in [0.1, 0.15) is 0 Å². The number of nitrogens with zero attached hydrogens (tertiary/aromatic N) is 1. The molecule has 1 amide bonds. The van der Waals surface area contributed by atoms with E-state index in [9.17, 15) is 4.79 Å². The van der Waals surface area contributed by atoms with Crippen molar-refractivity contribution in [1.29, 1.82) is 0 Å². The van der Waals surface area contributed by atoms with Crippen LogP contribution in [0.2, 0.25) is 0 Å². The maximum absolute atomic E-state index is 12.4. The van der Waals surface area contributed by atoms with E-state index in [2.05, 4.69) is 24.1 Å². The summed E-state index contributed by atoms with van der Waals surface area (Å²) in [7, 11) is 0. The smallest absolute Gasteiger partial charge is 0.224 e. The zero-order valence-corrected chi connectivity index (χ0v) is 11.2. The summed E-state index contributed by atoms with van der Waals surface area (Å²) in [5.74, 6) is 0.367. The van der Waals surface area contributed by atoms with Crippen molar-refractivity contribution in [3.8, 4) is 0 Å². The van der Waals surface area contributed by atoms with Gasteiger partial charge in [-0.15, -0.1) is 0 Å². The lowest BCUT2D eigenvalue weighted by Crippen LogP contribution is -2.45. The van der Waals surface area contributed by atoms with E-state index < -0.39 is 0 Å². The lowest BCUT2D eigenvalue weighted by Gasteiger charge is -2.33. The maximum Gasteiger partial charge on any atom is 0.224 e. The number of hydrogen-bond acceptors (Lipinski definition) is 2. The average Bonchev–Trinajstić information content (AvgIpc) is 2.89. The normalized spacial score (nSPS) is 25.7. The Labute approximate surface area is 105 Å². The first-order valence-electron chi connectivity index (χ1n) is 7.23. The molecule has 0 spiro atoms. The minimum Gasteiger partial charge on any atom is -0.337 e. The minimum absolute atomic E-state index is 0.354. The first kappa shape index (κ1) is 12.9. The summed E-state index contributed by atoms with van der Waals surface area (Å²) < 4.78 is 0. The Hall–Kier alpha value is -0.570. The van der Waals surface area contributed by atoms with Crippen LogP contribution in [-0.4, -0.2) is 35.5 Å². The Morgan fingerprint density at radius 1 is 1.24 bits per heavy atom. The highest BCUT2D eigenvalue weighted by atomic mass is 16.2. The van der Waals surface area contributed by atoms with Crippen LogP contribution in [0.3, 0.4) is 0 Å². The van der Waals surface area contributed by atoms with Gasteiger partial charge in [0.05, 0.1) is 0 Å². The Morgan fingerprint density at radius 3 is 2.47 bits per heavy atom. The van der Waals surface area contributed by atoms with Gasteiger partial charge in [0.15, 0.2) is 0 Å². The summed E-state index contributed by atoms with van der Waals surface area (Å²) >= 11 is 0. The second-order valence-electron chi connectivity index (χ2n) is 5.83. The van der Waals surface area contributed by atoms with Gasteiger partial charge in [-0.2, -0.15) is 0 Å². The lowest BCUT2D eigenvalue weighted by atomic mass is 10.1. The molecule has 1 atom stereocenters. The zero-order valence-electron chi connectivity index (χ0n) is 11.2. The molecule has 0 radical (unpaired) electrons. The molecule has 0 aromatic rings. The molecule has 1 heterocycles. The zero-order chi connectivity index (χ0) is 12.3. The van der Waals surface area contributed by atoms with Gasteiger partial charge in [0, 0.05) is 24.5 Å². The Kier molecular flexibility index (Phi) is 4.43. The molecular formula is C14H26N2O. The summed E-state index contributed by atoms with van der Waals surface area (Å²) in [6, 6.07) is 1.31. The van der Waals surface area contributed by atoms with Crippen LogP contribution in [0.1, 0.15) is 58.8 Å². The molecule has 1 aliphatic carbocycles. The molecule has 1 saturated carbocycles. The summed E-state index contributed by atoms with van der Waals surface area (Å²) in [5.41, 5.74) is 0. The van der Waals surface area contributed by atoms with Crippen molar-refractivity contribution in [1.82, 2.24) is 10.2 Å². The highest BCUT2D eigenvalue weighted by molar-refractivity contribution is 5.77. The monoisotopic (exact) mass is 238 g/mol. The third kappa shape index (κ3) is 3.21. The topological polar surface area (TPSA) is 32.3 Å². The van der Waals surface area contributed by atoms with Crippen LogP contribution in [0, 0.1) is 0 Å². The largest absolute Gasteiger partial charge is 0.337 e. The predicted molar refractivity (Wildman–Crippen MR) is 69.9 cm³/mol. The van der Waals surface area contributed by atoms with Gasteiger partial charge in [0.2, 0.25) is 5.91 Å². The number of amides is 1. The second-order valence-corrected chi connectivity index (χ2v) is 5.83. The molecule has 2 rings (SSSR count). The first-order chi connectivity index (χ1) is 8.18. The van der Waals surface area contributed by atoms with Gasteiger partial charge in [-0.1, -0.05) is 12.8 Å². The fraction of sp³-hybridized carbons (Fsp3) is 0.929. The van der Waals surface area contributed by atoms with Gasteiger partial charge in [0.25, 0.3) is 0 Å². The molecule has 2 aliphatic rings. The van der Waals surface area contributed by atoms with E-state index in [1.165, 1.54) is 38.5 Å². The van der Waals surface area contributed by atoms with Crippen LogP contribution < -0.4 is 5.32 Å². The van der Waals surface area contributed by atoms with E-state index in [-0.39, 0.29) is 0 Å². The molecule has 0 aromatic heterocycles. The summed E-state index contributed by atoms with van der Waals surface area (Å²) in [6.07, 6.45) is 8.11. The molecule has 1 aliphatic heterocycles. The van der Waals surface area contributed by atoms with Crippen LogP contribution >= 0.6 is 0 Å². The minimum atomic E-state index is 0.354.